The maximum absolute atomic E-state index is 13.0. The quantitative estimate of drug-likeness (QED) is 0.324. The summed E-state index contributed by atoms with van der Waals surface area (Å²) in [6, 6.07) is 19.1. The molecular weight excluding hydrogens is 434 g/mol. The molecule has 0 saturated heterocycles. The summed E-state index contributed by atoms with van der Waals surface area (Å²) < 4.78 is 21.5. The van der Waals surface area contributed by atoms with Gasteiger partial charge < -0.3 is 23.3 Å². The number of furan rings is 1. The number of carbonyl (C=O) groups is 1. The van der Waals surface area contributed by atoms with Gasteiger partial charge in [-0.3, -0.25) is 4.79 Å². The lowest BCUT2D eigenvalue weighted by Gasteiger charge is -2.21. The average molecular weight is 462 g/mol. The zero-order chi connectivity index (χ0) is 23.8. The Morgan fingerprint density at radius 3 is 2.53 bits per heavy atom. The molecule has 34 heavy (non-hydrogen) atoms. The second kappa shape index (κ2) is 11.2. The van der Waals surface area contributed by atoms with Crippen LogP contribution >= 0.6 is 0 Å². The Labute approximate surface area is 198 Å². The number of rotatable bonds is 11. The SMILES string of the molecule is COc1ccc(-c2noc(CCN(Cc3ccco3)C(=O)CCc3ccccc3)n2)cc1OC. The summed E-state index contributed by atoms with van der Waals surface area (Å²) in [5, 5.41) is 4.09. The Bertz CT molecular complexity index is 1190. The van der Waals surface area contributed by atoms with Crippen molar-refractivity contribution in [2.45, 2.75) is 25.8 Å². The Morgan fingerprint density at radius 1 is 0.971 bits per heavy atom. The third-order valence-corrected chi connectivity index (χ3v) is 5.46. The molecule has 0 aliphatic carbocycles. The molecule has 0 spiro atoms. The van der Waals surface area contributed by atoms with Crippen LogP contribution in [0.4, 0.5) is 0 Å². The van der Waals surface area contributed by atoms with Gasteiger partial charge in [0.1, 0.15) is 5.76 Å². The third-order valence-electron chi connectivity index (χ3n) is 5.46. The van der Waals surface area contributed by atoms with Crippen molar-refractivity contribution >= 4 is 5.91 Å². The van der Waals surface area contributed by atoms with Crippen molar-refractivity contribution in [3.05, 3.63) is 84.1 Å². The molecule has 4 rings (SSSR count). The van der Waals surface area contributed by atoms with Crippen LogP contribution in [0.1, 0.15) is 23.6 Å². The number of ether oxygens (including phenoxy) is 2. The highest BCUT2D eigenvalue weighted by molar-refractivity contribution is 5.76. The number of carbonyl (C=O) groups excluding carboxylic acids is 1. The smallest absolute Gasteiger partial charge is 0.228 e. The number of hydrogen-bond acceptors (Lipinski definition) is 7. The van der Waals surface area contributed by atoms with E-state index in [-0.39, 0.29) is 5.91 Å². The number of aryl methyl sites for hydroxylation is 1. The molecule has 0 atom stereocenters. The second-order valence-electron chi connectivity index (χ2n) is 7.71. The summed E-state index contributed by atoms with van der Waals surface area (Å²) >= 11 is 0. The molecule has 4 aromatic rings. The van der Waals surface area contributed by atoms with E-state index in [4.69, 9.17) is 18.4 Å². The molecule has 1 amide bonds. The number of nitrogens with zero attached hydrogens (tertiary/aromatic N) is 3. The highest BCUT2D eigenvalue weighted by Gasteiger charge is 2.18. The van der Waals surface area contributed by atoms with Gasteiger partial charge in [-0.1, -0.05) is 35.5 Å². The van der Waals surface area contributed by atoms with Gasteiger partial charge in [-0.15, -0.1) is 0 Å². The Hall–Kier alpha value is -4.07. The maximum atomic E-state index is 13.0. The van der Waals surface area contributed by atoms with Crippen LogP contribution < -0.4 is 9.47 Å². The number of amides is 1. The van der Waals surface area contributed by atoms with Gasteiger partial charge in [-0.2, -0.15) is 4.98 Å². The van der Waals surface area contributed by atoms with Gasteiger partial charge in [0.05, 0.1) is 27.0 Å². The molecule has 0 aliphatic heterocycles. The van der Waals surface area contributed by atoms with Crippen molar-refractivity contribution in [2.75, 3.05) is 20.8 Å². The van der Waals surface area contributed by atoms with Crippen LogP contribution in [-0.2, 0) is 24.2 Å². The summed E-state index contributed by atoms with van der Waals surface area (Å²) in [5.74, 6) is 2.87. The van der Waals surface area contributed by atoms with Crippen molar-refractivity contribution in [2.24, 2.45) is 0 Å². The number of benzene rings is 2. The zero-order valence-corrected chi connectivity index (χ0v) is 19.3. The topological polar surface area (TPSA) is 90.8 Å². The van der Waals surface area contributed by atoms with Gasteiger partial charge >= 0.3 is 0 Å². The first-order valence-corrected chi connectivity index (χ1v) is 11.1. The van der Waals surface area contributed by atoms with Crippen LogP contribution in [0, 0.1) is 0 Å². The van der Waals surface area contributed by atoms with E-state index in [1.54, 1.807) is 37.5 Å². The molecule has 0 N–H and O–H groups in total. The summed E-state index contributed by atoms with van der Waals surface area (Å²) in [6.07, 6.45) is 3.12. The van der Waals surface area contributed by atoms with E-state index in [1.807, 2.05) is 48.5 Å². The molecule has 8 nitrogen and oxygen atoms in total. The average Bonchev–Trinajstić information content (AvgIpc) is 3.57. The molecule has 8 heteroatoms. The van der Waals surface area contributed by atoms with Gasteiger partial charge in [0, 0.05) is 24.9 Å². The first kappa shape index (κ1) is 23.1. The summed E-state index contributed by atoms with van der Waals surface area (Å²) in [7, 11) is 3.16. The van der Waals surface area contributed by atoms with E-state index in [0.29, 0.717) is 55.6 Å². The van der Waals surface area contributed by atoms with E-state index >= 15 is 0 Å². The highest BCUT2D eigenvalue weighted by Crippen LogP contribution is 2.31. The first-order valence-electron chi connectivity index (χ1n) is 11.1. The fourth-order valence-corrected chi connectivity index (χ4v) is 3.62. The number of aromatic nitrogens is 2. The van der Waals surface area contributed by atoms with Gasteiger partial charge in [-0.05, 0) is 42.3 Å². The molecule has 2 heterocycles. The normalized spacial score (nSPS) is 10.8. The van der Waals surface area contributed by atoms with E-state index in [9.17, 15) is 4.79 Å². The van der Waals surface area contributed by atoms with Crippen molar-refractivity contribution in [1.29, 1.82) is 0 Å². The standard InChI is InChI=1S/C26H27N3O5/c1-31-22-12-11-20(17-23(22)32-2)26-27-24(34-28-26)14-15-29(18-21-9-6-16-33-21)25(30)13-10-19-7-4-3-5-8-19/h3-9,11-12,16-17H,10,13-15,18H2,1-2H3. The largest absolute Gasteiger partial charge is 0.493 e. The van der Waals surface area contributed by atoms with Gasteiger partial charge in [0.2, 0.25) is 17.6 Å². The molecule has 2 aromatic heterocycles. The fraction of sp³-hybridized carbons (Fsp3) is 0.269. The van der Waals surface area contributed by atoms with Crippen LogP contribution in [0.25, 0.3) is 11.4 Å². The van der Waals surface area contributed by atoms with Crippen LogP contribution in [0.3, 0.4) is 0 Å². The van der Waals surface area contributed by atoms with E-state index in [2.05, 4.69) is 10.1 Å². The van der Waals surface area contributed by atoms with Crippen molar-refractivity contribution in [3.63, 3.8) is 0 Å². The molecule has 176 valence electrons. The monoisotopic (exact) mass is 461 g/mol. The lowest BCUT2D eigenvalue weighted by molar-refractivity contribution is -0.132. The Kier molecular flexibility index (Phi) is 7.60. The van der Waals surface area contributed by atoms with Crippen LogP contribution in [-0.4, -0.2) is 41.7 Å². The minimum atomic E-state index is 0.0416. The molecule has 0 aliphatic rings. The van der Waals surface area contributed by atoms with E-state index < -0.39 is 0 Å². The van der Waals surface area contributed by atoms with Crippen LogP contribution in [0.15, 0.2) is 75.9 Å². The lowest BCUT2D eigenvalue weighted by atomic mass is 10.1. The minimum Gasteiger partial charge on any atom is -0.493 e. The summed E-state index contributed by atoms with van der Waals surface area (Å²) in [4.78, 5) is 19.3. The minimum absolute atomic E-state index is 0.0416. The van der Waals surface area contributed by atoms with Crippen molar-refractivity contribution in [3.8, 4) is 22.9 Å². The predicted octanol–water partition coefficient (Wildman–Crippen LogP) is 4.55. The fourth-order valence-electron chi connectivity index (χ4n) is 3.62. The third kappa shape index (κ3) is 5.83. The Morgan fingerprint density at radius 2 is 1.79 bits per heavy atom. The van der Waals surface area contributed by atoms with Gasteiger partial charge in [-0.25, -0.2) is 0 Å². The predicted molar refractivity (Wildman–Crippen MR) is 125 cm³/mol. The molecule has 2 aromatic carbocycles. The Balaban J connectivity index is 1.42. The molecule has 0 unspecified atom stereocenters. The second-order valence-corrected chi connectivity index (χ2v) is 7.71. The molecular formula is C26H27N3O5. The highest BCUT2D eigenvalue weighted by atomic mass is 16.5. The number of methoxy groups -OCH3 is 2. The van der Waals surface area contributed by atoms with Crippen molar-refractivity contribution in [1.82, 2.24) is 15.0 Å². The van der Waals surface area contributed by atoms with E-state index in [1.165, 1.54) is 0 Å². The van der Waals surface area contributed by atoms with Crippen LogP contribution in [0.2, 0.25) is 0 Å². The van der Waals surface area contributed by atoms with Crippen molar-refractivity contribution < 1.29 is 23.2 Å². The summed E-state index contributed by atoms with van der Waals surface area (Å²) in [6.45, 7) is 0.819. The van der Waals surface area contributed by atoms with E-state index in [0.717, 1.165) is 16.9 Å². The molecule has 0 saturated carbocycles. The maximum Gasteiger partial charge on any atom is 0.228 e. The van der Waals surface area contributed by atoms with Crippen LogP contribution in [0.5, 0.6) is 11.5 Å². The summed E-state index contributed by atoms with van der Waals surface area (Å²) in [5.41, 5.74) is 1.88. The van der Waals surface area contributed by atoms with Gasteiger partial charge in [0.15, 0.2) is 11.5 Å². The molecule has 0 radical (unpaired) electrons. The molecule has 0 bridgehead atoms. The first-order chi connectivity index (χ1) is 16.7. The van der Waals surface area contributed by atoms with Gasteiger partial charge in [0.25, 0.3) is 0 Å². The molecule has 0 fully saturated rings. The zero-order valence-electron chi connectivity index (χ0n) is 19.3. The lowest BCUT2D eigenvalue weighted by Crippen LogP contribution is -2.32. The number of hydrogen-bond donors (Lipinski definition) is 0.